The van der Waals surface area contributed by atoms with Gasteiger partial charge in [0.15, 0.2) is 5.12 Å². The first-order valence-electron chi connectivity index (χ1n) is 5.43. The van der Waals surface area contributed by atoms with Crippen LogP contribution < -0.4 is 0 Å². The molecule has 2 aromatic rings. The van der Waals surface area contributed by atoms with Gasteiger partial charge in [0, 0.05) is 3.57 Å². The topological polar surface area (TPSA) is 17.1 Å². The van der Waals surface area contributed by atoms with Crippen LogP contribution in [0.4, 0.5) is 0 Å². The van der Waals surface area contributed by atoms with Crippen molar-refractivity contribution in [3.05, 3.63) is 57.7 Å². The van der Waals surface area contributed by atoms with Gasteiger partial charge in [-0.05, 0) is 45.3 Å². The molecule has 18 heavy (non-hydrogen) atoms. The van der Waals surface area contributed by atoms with Crippen LogP contribution in [-0.2, 0) is 4.79 Å². The van der Waals surface area contributed by atoms with Crippen LogP contribution in [0, 0.1) is 3.57 Å². The van der Waals surface area contributed by atoms with Gasteiger partial charge in [-0.2, -0.15) is 0 Å². The van der Waals surface area contributed by atoms with Crippen LogP contribution in [0.1, 0.15) is 11.2 Å². The second-order valence-electron chi connectivity index (χ2n) is 3.92. The number of halogens is 1. The molecule has 2 rings (SSSR count). The van der Waals surface area contributed by atoms with Crippen LogP contribution in [0.15, 0.2) is 48.5 Å². The highest BCUT2D eigenvalue weighted by atomic mass is 127. The fourth-order valence-corrected chi connectivity index (χ4v) is 2.93. The zero-order valence-electron chi connectivity index (χ0n) is 9.51. The van der Waals surface area contributed by atoms with Crippen LogP contribution in [-0.4, -0.2) is 5.12 Å². The summed E-state index contributed by atoms with van der Waals surface area (Å²) in [5.74, 6) is 0. The summed E-state index contributed by atoms with van der Waals surface area (Å²) in [7, 11) is 2.53. The van der Waals surface area contributed by atoms with Crippen LogP contribution >= 0.6 is 44.5 Å². The van der Waals surface area contributed by atoms with Gasteiger partial charge in [-0.15, -0.1) is 21.9 Å². The Hall–Kier alpha value is -0.380. The number of thiol groups is 1. The Balaban J connectivity index is 2.40. The largest absolute Gasteiger partial charge is 0.286 e. The maximum Gasteiger partial charge on any atom is 0.197 e. The lowest BCUT2D eigenvalue weighted by Crippen LogP contribution is -1.99. The average molecular weight is 386 g/mol. The first-order chi connectivity index (χ1) is 8.59. The molecule has 0 amide bonds. The van der Waals surface area contributed by atoms with E-state index in [1.165, 1.54) is 11.1 Å². The normalized spacial score (nSPS) is 12.2. The second kappa shape index (κ2) is 6.18. The molecule has 1 nitrogen and oxygen atoms in total. The molecule has 0 aliphatic rings. The number of benzene rings is 2. The van der Waals surface area contributed by atoms with E-state index < -0.39 is 0 Å². The molecular formula is C14H12IOPS. The SMILES string of the molecule is O=C(S)C(P)c1ccc(-c2ccccc2)c(I)c1. The molecule has 4 heteroatoms. The minimum Gasteiger partial charge on any atom is -0.286 e. The van der Waals surface area contributed by atoms with Gasteiger partial charge >= 0.3 is 0 Å². The summed E-state index contributed by atoms with van der Waals surface area (Å²) in [6, 6.07) is 16.3. The summed E-state index contributed by atoms with van der Waals surface area (Å²) < 4.78 is 1.14. The van der Waals surface area contributed by atoms with Gasteiger partial charge in [0.1, 0.15) is 0 Å². The molecule has 0 saturated carbocycles. The van der Waals surface area contributed by atoms with Crippen molar-refractivity contribution in [3.8, 4) is 11.1 Å². The zero-order valence-corrected chi connectivity index (χ0v) is 13.7. The average Bonchev–Trinajstić information content (AvgIpc) is 2.38. The van der Waals surface area contributed by atoms with Gasteiger partial charge in [-0.1, -0.05) is 42.5 Å². The van der Waals surface area contributed by atoms with E-state index in [0.717, 1.165) is 9.13 Å². The molecule has 0 radical (unpaired) electrons. The van der Waals surface area contributed by atoms with Crippen molar-refractivity contribution >= 4 is 49.6 Å². The standard InChI is InChI=1S/C14H12IOPS/c15-12-8-10(13(17)14(16)18)6-7-11(12)9-4-2-1-3-5-9/h1-8,13H,17H2,(H,16,18). The highest BCUT2D eigenvalue weighted by Gasteiger charge is 2.13. The third-order valence-electron chi connectivity index (χ3n) is 2.70. The number of carbonyl (C=O) groups is 1. The molecule has 0 saturated heterocycles. The molecule has 0 heterocycles. The van der Waals surface area contributed by atoms with E-state index in [-0.39, 0.29) is 10.8 Å². The van der Waals surface area contributed by atoms with E-state index >= 15 is 0 Å². The van der Waals surface area contributed by atoms with Crippen molar-refractivity contribution in [2.45, 2.75) is 5.66 Å². The van der Waals surface area contributed by atoms with E-state index in [1.807, 2.05) is 30.3 Å². The van der Waals surface area contributed by atoms with E-state index in [9.17, 15) is 4.79 Å². The molecular weight excluding hydrogens is 374 g/mol. The van der Waals surface area contributed by atoms with Crippen LogP contribution in [0.2, 0.25) is 0 Å². The summed E-state index contributed by atoms with van der Waals surface area (Å²) in [5, 5.41) is -0.136. The maximum atomic E-state index is 11.3. The molecule has 2 aromatic carbocycles. The lowest BCUT2D eigenvalue weighted by Gasteiger charge is -2.11. The fraction of sp³-hybridized carbons (Fsp3) is 0.0714. The minimum atomic E-state index is -0.244. The summed E-state index contributed by atoms with van der Waals surface area (Å²) in [6.45, 7) is 0. The van der Waals surface area contributed by atoms with E-state index in [2.05, 4.69) is 62.7 Å². The third-order valence-corrected chi connectivity index (χ3v) is 4.84. The molecule has 2 unspecified atom stereocenters. The van der Waals surface area contributed by atoms with Gasteiger partial charge in [-0.25, -0.2) is 0 Å². The number of rotatable bonds is 3. The molecule has 0 bridgehead atoms. The quantitative estimate of drug-likeness (QED) is 0.472. The van der Waals surface area contributed by atoms with Crippen molar-refractivity contribution in [2.75, 3.05) is 0 Å². The van der Waals surface area contributed by atoms with Gasteiger partial charge in [0.25, 0.3) is 0 Å². The second-order valence-corrected chi connectivity index (χ2v) is 6.19. The predicted octanol–water partition coefficient (Wildman–Crippen LogP) is 4.33. The van der Waals surface area contributed by atoms with Crippen molar-refractivity contribution in [1.29, 1.82) is 0 Å². The van der Waals surface area contributed by atoms with Crippen LogP contribution in [0.25, 0.3) is 11.1 Å². The van der Waals surface area contributed by atoms with Gasteiger partial charge in [0.05, 0.1) is 5.66 Å². The molecule has 2 atom stereocenters. The number of hydrogen-bond donors (Lipinski definition) is 1. The Kier molecular flexibility index (Phi) is 4.82. The monoisotopic (exact) mass is 386 g/mol. The van der Waals surface area contributed by atoms with E-state index in [1.54, 1.807) is 0 Å². The molecule has 0 aromatic heterocycles. The summed E-state index contributed by atoms with van der Waals surface area (Å²) >= 11 is 6.17. The molecule has 0 aliphatic carbocycles. The Morgan fingerprint density at radius 1 is 1.17 bits per heavy atom. The third kappa shape index (κ3) is 3.14. The van der Waals surface area contributed by atoms with Crippen molar-refractivity contribution < 1.29 is 4.79 Å². The molecule has 92 valence electrons. The molecule has 0 spiro atoms. The van der Waals surface area contributed by atoms with Crippen LogP contribution in [0.3, 0.4) is 0 Å². The lowest BCUT2D eigenvalue weighted by atomic mass is 10.0. The molecule has 0 fully saturated rings. The highest BCUT2D eigenvalue weighted by Crippen LogP contribution is 2.31. The summed E-state index contributed by atoms with van der Waals surface area (Å²) in [6.07, 6.45) is 0. The number of hydrogen-bond acceptors (Lipinski definition) is 1. The predicted molar refractivity (Wildman–Crippen MR) is 91.0 cm³/mol. The Bertz CT molecular complexity index is 571. The Morgan fingerprint density at radius 2 is 1.83 bits per heavy atom. The summed E-state index contributed by atoms with van der Waals surface area (Å²) in [4.78, 5) is 11.3. The van der Waals surface area contributed by atoms with Gasteiger partial charge in [0.2, 0.25) is 0 Å². The smallest absolute Gasteiger partial charge is 0.197 e. The Labute approximate surface area is 128 Å². The maximum absolute atomic E-state index is 11.3. The Morgan fingerprint density at radius 3 is 2.39 bits per heavy atom. The lowest BCUT2D eigenvalue weighted by molar-refractivity contribution is -0.110. The first-order valence-corrected chi connectivity index (χ1v) is 7.62. The highest BCUT2D eigenvalue weighted by molar-refractivity contribution is 14.1. The molecule has 0 N–H and O–H groups in total. The molecule has 0 aliphatic heterocycles. The zero-order chi connectivity index (χ0) is 13.1. The van der Waals surface area contributed by atoms with Crippen molar-refractivity contribution in [3.63, 3.8) is 0 Å². The van der Waals surface area contributed by atoms with Crippen LogP contribution in [0.5, 0.6) is 0 Å². The van der Waals surface area contributed by atoms with Crippen molar-refractivity contribution in [2.24, 2.45) is 0 Å². The van der Waals surface area contributed by atoms with E-state index in [0.29, 0.717) is 0 Å². The van der Waals surface area contributed by atoms with E-state index in [4.69, 9.17) is 0 Å². The summed E-state index contributed by atoms with van der Waals surface area (Å²) in [5.41, 5.74) is 3.10. The first kappa shape index (κ1) is 14.0. The van der Waals surface area contributed by atoms with Gasteiger partial charge in [-0.3, -0.25) is 4.79 Å². The van der Waals surface area contributed by atoms with Crippen molar-refractivity contribution in [1.82, 2.24) is 0 Å². The number of carbonyl (C=O) groups excluding carboxylic acids is 1. The minimum absolute atomic E-state index is 0.136. The van der Waals surface area contributed by atoms with Gasteiger partial charge < -0.3 is 0 Å². The fourth-order valence-electron chi connectivity index (χ4n) is 1.72.